The van der Waals surface area contributed by atoms with Gasteiger partial charge >= 0.3 is 0 Å². The van der Waals surface area contributed by atoms with Gasteiger partial charge in [-0.1, -0.05) is 11.6 Å². The van der Waals surface area contributed by atoms with E-state index >= 15 is 0 Å². The van der Waals surface area contributed by atoms with Gasteiger partial charge in [0, 0.05) is 22.8 Å². The van der Waals surface area contributed by atoms with Crippen molar-refractivity contribution in [2.75, 3.05) is 5.73 Å². The number of nitrogens with zero attached hydrogens (tertiary/aromatic N) is 1. The quantitative estimate of drug-likeness (QED) is 0.776. The highest BCUT2D eigenvalue weighted by atomic mass is 35.5. The average Bonchev–Trinajstić information content (AvgIpc) is 2.28. The molecule has 0 atom stereocenters. The summed E-state index contributed by atoms with van der Waals surface area (Å²) >= 11 is 5.84. The van der Waals surface area contributed by atoms with Crippen LogP contribution in [0.5, 0.6) is 0 Å². The summed E-state index contributed by atoms with van der Waals surface area (Å²) in [5, 5.41) is 2.95. The maximum Gasteiger partial charge on any atom is 0.265 e. The van der Waals surface area contributed by atoms with Crippen molar-refractivity contribution in [1.29, 1.82) is 0 Å². The Bertz CT molecular complexity index is 660. The predicted octanol–water partition coefficient (Wildman–Crippen LogP) is 0.820. The van der Waals surface area contributed by atoms with Crippen LogP contribution in [0.1, 0.15) is 5.56 Å². The number of H-pyrrole nitrogens is 1. The molecule has 1 aromatic heterocycles. The van der Waals surface area contributed by atoms with E-state index in [2.05, 4.69) is 5.10 Å². The van der Waals surface area contributed by atoms with E-state index in [4.69, 9.17) is 17.3 Å². The van der Waals surface area contributed by atoms with Crippen molar-refractivity contribution < 1.29 is 0 Å². The fraction of sp³-hybridized carbons (Fsp3) is 0.0909. The van der Waals surface area contributed by atoms with Crippen molar-refractivity contribution in [2.45, 2.75) is 6.54 Å². The first kappa shape index (κ1) is 11.5. The molecule has 2 aromatic rings. The molecule has 0 saturated carbocycles. The minimum atomic E-state index is -0.342. The topological polar surface area (TPSA) is 80.9 Å². The first-order chi connectivity index (χ1) is 8.06. The van der Waals surface area contributed by atoms with Crippen molar-refractivity contribution in [2.24, 2.45) is 0 Å². The molecule has 6 heteroatoms. The van der Waals surface area contributed by atoms with E-state index in [1.54, 1.807) is 18.2 Å². The van der Waals surface area contributed by atoms with Gasteiger partial charge < -0.3 is 5.73 Å². The molecule has 88 valence electrons. The summed E-state index contributed by atoms with van der Waals surface area (Å²) in [5.74, 6) is 0. The van der Waals surface area contributed by atoms with E-state index in [9.17, 15) is 9.59 Å². The minimum absolute atomic E-state index is 0.182. The minimum Gasteiger partial charge on any atom is -0.398 e. The van der Waals surface area contributed by atoms with Gasteiger partial charge in [-0.3, -0.25) is 14.7 Å². The molecule has 2 rings (SSSR count). The van der Waals surface area contributed by atoms with Crippen molar-refractivity contribution >= 4 is 17.3 Å². The molecule has 1 heterocycles. The lowest BCUT2D eigenvalue weighted by Crippen LogP contribution is -2.28. The molecular weight excluding hydrogens is 242 g/mol. The summed E-state index contributed by atoms with van der Waals surface area (Å²) in [4.78, 5) is 22.6. The first-order valence-corrected chi connectivity index (χ1v) is 5.28. The molecular formula is C11H10ClN3O2. The summed E-state index contributed by atoms with van der Waals surface area (Å²) in [6.45, 7) is 0.182. The highest BCUT2D eigenvalue weighted by Crippen LogP contribution is 2.17. The molecule has 5 nitrogen and oxygen atoms in total. The smallest absolute Gasteiger partial charge is 0.265 e. The largest absolute Gasteiger partial charge is 0.398 e. The van der Waals surface area contributed by atoms with Crippen LogP contribution in [0, 0.1) is 0 Å². The van der Waals surface area contributed by atoms with Crippen molar-refractivity contribution in [3.8, 4) is 0 Å². The van der Waals surface area contributed by atoms with Crippen LogP contribution in [0.25, 0.3) is 0 Å². The van der Waals surface area contributed by atoms with Crippen LogP contribution in [0.15, 0.2) is 39.9 Å². The summed E-state index contributed by atoms with van der Waals surface area (Å²) in [6.07, 6.45) is 0. The zero-order chi connectivity index (χ0) is 12.4. The Morgan fingerprint density at radius 3 is 2.76 bits per heavy atom. The van der Waals surface area contributed by atoms with E-state index in [-0.39, 0.29) is 17.7 Å². The second kappa shape index (κ2) is 4.47. The number of halogens is 1. The number of rotatable bonds is 2. The molecule has 0 fully saturated rings. The molecule has 1 aromatic carbocycles. The third-order valence-corrected chi connectivity index (χ3v) is 2.56. The summed E-state index contributed by atoms with van der Waals surface area (Å²) < 4.78 is 1.18. The first-order valence-electron chi connectivity index (χ1n) is 4.90. The van der Waals surface area contributed by atoms with Gasteiger partial charge in [-0.2, -0.15) is 0 Å². The second-order valence-electron chi connectivity index (χ2n) is 3.58. The van der Waals surface area contributed by atoms with Crippen molar-refractivity contribution in [3.05, 3.63) is 61.6 Å². The monoisotopic (exact) mass is 251 g/mol. The number of aromatic amines is 1. The van der Waals surface area contributed by atoms with E-state index in [1.165, 1.54) is 16.8 Å². The Morgan fingerprint density at radius 2 is 2.00 bits per heavy atom. The molecule has 0 saturated heterocycles. The van der Waals surface area contributed by atoms with Gasteiger partial charge in [0.1, 0.15) is 0 Å². The summed E-state index contributed by atoms with van der Waals surface area (Å²) in [6, 6.07) is 7.37. The second-order valence-corrected chi connectivity index (χ2v) is 4.01. The third kappa shape index (κ3) is 2.57. The number of benzene rings is 1. The van der Waals surface area contributed by atoms with Crippen LogP contribution in [-0.2, 0) is 6.54 Å². The Hall–Kier alpha value is -2.01. The molecule has 0 aliphatic rings. The number of nitrogens with one attached hydrogen (secondary N) is 1. The molecule has 3 N–H and O–H groups in total. The third-order valence-electron chi connectivity index (χ3n) is 2.32. The normalized spacial score (nSPS) is 10.4. The van der Waals surface area contributed by atoms with E-state index in [0.29, 0.717) is 16.3 Å². The Morgan fingerprint density at radius 1 is 1.24 bits per heavy atom. The van der Waals surface area contributed by atoms with Gasteiger partial charge in [-0.15, -0.1) is 0 Å². The molecule has 0 aliphatic carbocycles. The fourth-order valence-corrected chi connectivity index (χ4v) is 1.66. The van der Waals surface area contributed by atoms with E-state index < -0.39 is 0 Å². The van der Waals surface area contributed by atoms with E-state index in [1.807, 2.05) is 0 Å². The van der Waals surface area contributed by atoms with E-state index in [0.717, 1.165) is 0 Å². The van der Waals surface area contributed by atoms with Crippen LogP contribution < -0.4 is 16.9 Å². The Labute approximate surface area is 101 Å². The zero-order valence-electron chi connectivity index (χ0n) is 8.81. The number of nitrogen functional groups attached to an aromatic ring is 1. The Balaban J connectivity index is 2.44. The zero-order valence-corrected chi connectivity index (χ0v) is 9.57. The van der Waals surface area contributed by atoms with Crippen LogP contribution in [-0.4, -0.2) is 9.78 Å². The average molecular weight is 252 g/mol. The number of nitrogens with two attached hydrogens (primary N) is 1. The van der Waals surface area contributed by atoms with Crippen LogP contribution in [0.2, 0.25) is 5.02 Å². The maximum atomic E-state index is 11.5. The molecule has 0 radical (unpaired) electrons. The molecule has 0 unspecified atom stereocenters. The number of hydrogen-bond donors (Lipinski definition) is 2. The molecule has 0 aliphatic heterocycles. The van der Waals surface area contributed by atoms with Crippen LogP contribution in [0.3, 0.4) is 0 Å². The van der Waals surface area contributed by atoms with Crippen LogP contribution in [0.4, 0.5) is 5.69 Å². The maximum absolute atomic E-state index is 11.5. The highest BCUT2D eigenvalue weighted by molar-refractivity contribution is 6.30. The lowest BCUT2D eigenvalue weighted by atomic mass is 10.2. The molecule has 0 bridgehead atoms. The molecule has 0 spiro atoms. The standard InChI is InChI=1S/C11H10ClN3O2/c12-8-1-2-9(13)7(5-8)6-15-11(17)4-3-10(16)14-15/h1-5H,6,13H2,(H,14,16). The van der Waals surface area contributed by atoms with Gasteiger partial charge in [0.15, 0.2) is 0 Å². The number of aromatic nitrogens is 2. The van der Waals surface area contributed by atoms with Crippen molar-refractivity contribution in [1.82, 2.24) is 9.78 Å². The van der Waals surface area contributed by atoms with Gasteiger partial charge in [0.25, 0.3) is 11.1 Å². The Kier molecular flexibility index (Phi) is 3.01. The van der Waals surface area contributed by atoms with Crippen LogP contribution >= 0.6 is 11.6 Å². The van der Waals surface area contributed by atoms with Gasteiger partial charge in [0.05, 0.1) is 6.54 Å². The number of anilines is 1. The molecule has 17 heavy (non-hydrogen) atoms. The van der Waals surface area contributed by atoms with Crippen molar-refractivity contribution in [3.63, 3.8) is 0 Å². The highest BCUT2D eigenvalue weighted by Gasteiger charge is 2.03. The number of hydrogen-bond acceptors (Lipinski definition) is 3. The summed E-state index contributed by atoms with van der Waals surface area (Å²) in [5.41, 5.74) is 6.32. The summed E-state index contributed by atoms with van der Waals surface area (Å²) in [7, 11) is 0. The predicted molar refractivity (Wildman–Crippen MR) is 66.3 cm³/mol. The molecule has 0 amide bonds. The lowest BCUT2D eigenvalue weighted by molar-refractivity contribution is 0.628. The lowest BCUT2D eigenvalue weighted by Gasteiger charge is -2.08. The van der Waals surface area contributed by atoms with Gasteiger partial charge in [0.2, 0.25) is 0 Å². The van der Waals surface area contributed by atoms with Gasteiger partial charge in [-0.05, 0) is 23.8 Å². The fourth-order valence-electron chi connectivity index (χ4n) is 1.46. The van der Waals surface area contributed by atoms with Gasteiger partial charge in [-0.25, -0.2) is 4.68 Å². The SMILES string of the molecule is Nc1ccc(Cl)cc1Cn1[nH]c(=O)ccc1=O.